The molecule has 130 valence electrons. The van der Waals surface area contributed by atoms with Crippen molar-refractivity contribution in [2.24, 2.45) is 0 Å². The number of nitrogens with zero attached hydrogens (tertiary/aromatic N) is 3. The van der Waals surface area contributed by atoms with Crippen LogP contribution in [0.4, 0.5) is 11.4 Å². The first kappa shape index (κ1) is 16.5. The molecular weight excluding hydrogens is 312 g/mol. The highest BCUT2D eigenvalue weighted by molar-refractivity contribution is 5.78. The summed E-state index contributed by atoms with van der Waals surface area (Å²) in [7, 11) is 1.50. The Kier molecular flexibility index (Phi) is 4.84. The molecule has 2 saturated heterocycles. The van der Waals surface area contributed by atoms with Gasteiger partial charge in [0.25, 0.3) is 5.69 Å². The maximum Gasteiger partial charge on any atom is 0.296 e. The lowest BCUT2D eigenvalue weighted by Crippen LogP contribution is -2.54. The van der Waals surface area contributed by atoms with Crippen LogP contribution in [0.1, 0.15) is 12.8 Å². The molecule has 8 heteroatoms. The molecule has 2 aliphatic heterocycles. The highest BCUT2D eigenvalue weighted by Gasteiger charge is 2.30. The highest BCUT2D eigenvalue weighted by Crippen LogP contribution is 2.34. The first-order chi connectivity index (χ1) is 11.6. The lowest BCUT2D eigenvalue weighted by atomic mass is 10.0. The van der Waals surface area contributed by atoms with Gasteiger partial charge in [-0.15, -0.1) is 0 Å². The molecular formula is C16H22N4O4. The van der Waals surface area contributed by atoms with Crippen LogP contribution < -0.4 is 15.0 Å². The lowest BCUT2D eigenvalue weighted by Gasteiger charge is -2.40. The second-order valence-corrected chi connectivity index (χ2v) is 6.15. The molecule has 3 rings (SSSR count). The van der Waals surface area contributed by atoms with Crippen LogP contribution in [0, 0.1) is 10.1 Å². The molecule has 8 nitrogen and oxygen atoms in total. The summed E-state index contributed by atoms with van der Waals surface area (Å²) in [6.07, 6.45) is 1.80. The molecule has 1 N–H and O–H groups in total. The number of piperidine rings is 1. The molecule has 0 unspecified atom stereocenters. The van der Waals surface area contributed by atoms with Gasteiger partial charge in [-0.2, -0.15) is 0 Å². The zero-order valence-corrected chi connectivity index (χ0v) is 13.7. The fraction of sp³-hybridized carbons (Fsp3) is 0.562. The topological polar surface area (TPSA) is 88.0 Å². The number of ether oxygens (including phenoxy) is 1. The molecule has 0 saturated carbocycles. The number of nitro groups is 1. The van der Waals surface area contributed by atoms with Crippen LogP contribution in [0.2, 0.25) is 0 Å². The third-order valence-corrected chi connectivity index (χ3v) is 4.77. The van der Waals surface area contributed by atoms with Gasteiger partial charge in [0.2, 0.25) is 5.91 Å². The fourth-order valence-corrected chi connectivity index (χ4v) is 3.49. The average Bonchev–Trinajstić information content (AvgIpc) is 2.61. The van der Waals surface area contributed by atoms with Crippen molar-refractivity contribution in [3.05, 3.63) is 28.3 Å². The van der Waals surface area contributed by atoms with Crippen LogP contribution in [-0.2, 0) is 4.79 Å². The number of piperazine rings is 1. The number of methoxy groups -OCH3 is 1. The quantitative estimate of drug-likeness (QED) is 0.653. The van der Waals surface area contributed by atoms with E-state index in [4.69, 9.17) is 4.74 Å². The second-order valence-electron chi connectivity index (χ2n) is 6.15. The van der Waals surface area contributed by atoms with Crippen molar-refractivity contribution in [3.63, 3.8) is 0 Å². The van der Waals surface area contributed by atoms with Crippen LogP contribution in [-0.4, -0.2) is 61.6 Å². The smallest absolute Gasteiger partial charge is 0.296 e. The number of benzene rings is 1. The van der Waals surface area contributed by atoms with Gasteiger partial charge in [0, 0.05) is 32.2 Å². The van der Waals surface area contributed by atoms with Crippen LogP contribution in [0.15, 0.2) is 18.2 Å². The Morgan fingerprint density at radius 2 is 2.04 bits per heavy atom. The second kappa shape index (κ2) is 7.04. The highest BCUT2D eigenvalue weighted by atomic mass is 16.6. The number of hydrogen-bond donors (Lipinski definition) is 1. The van der Waals surface area contributed by atoms with Gasteiger partial charge in [0.1, 0.15) is 11.4 Å². The van der Waals surface area contributed by atoms with Gasteiger partial charge in [-0.05, 0) is 25.0 Å². The van der Waals surface area contributed by atoms with Crippen molar-refractivity contribution in [2.45, 2.75) is 18.9 Å². The Labute approximate surface area is 140 Å². The fourth-order valence-electron chi connectivity index (χ4n) is 3.49. The van der Waals surface area contributed by atoms with E-state index in [0.29, 0.717) is 30.6 Å². The van der Waals surface area contributed by atoms with Crippen LogP contribution >= 0.6 is 0 Å². The SMILES string of the molecule is COc1ccc(N2CCC(N3CCNC(=O)C3)CC2)c([N+](=O)[O-])c1. The summed E-state index contributed by atoms with van der Waals surface area (Å²) in [5, 5.41) is 14.2. The van der Waals surface area contributed by atoms with Crippen molar-refractivity contribution >= 4 is 17.3 Å². The predicted octanol–water partition coefficient (Wildman–Crippen LogP) is 1.00. The molecule has 1 amide bonds. The van der Waals surface area contributed by atoms with Gasteiger partial charge in [0.15, 0.2) is 0 Å². The van der Waals surface area contributed by atoms with Crippen LogP contribution in [0.5, 0.6) is 5.75 Å². The molecule has 0 aromatic heterocycles. The van der Waals surface area contributed by atoms with Gasteiger partial charge < -0.3 is 15.0 Å². The number of amides is 1. The van der Waals surface area contributed by atoms with E-state index in [1.165, 1.54) is 13.2 Å². The molecule has 24 heavy (non-hydrogen) atoms. The van der Waals surface area contributed by atoms with E-state index in [0.717, 1.165) is 32.5 Å². The Bertz CT molecular complexity index is 629. The summed E-state index contributed by atoms with van der Waals surface area (Å²) in [6.45, 7) is 3.52. The zero-order valence-electron chi connectivity index (χ0n) is 13.7. The molecule has 0 atom stereocenters. The van der Waals surface area contributed by atoms with Crippen LogP contribution in [0.25, 0.3) is 0 Å². The summed E-state index contributed by atoms with van der Waals surface area (Å²) in [6, 6.07) is 5.34. The summed E-state index contributed by atoms with van der Waals surface area (Å²) >= 11 is 0. The lowest BCUT2D eigenvalue weighted by molar-refractivity contribution is -0.384. The molecule has 0 radical (unpaired) electrons. The number of hydrogen-bond acceptors (Lipinski definition) is 6. The number of rotatable bonds is 4. The summed E-state index contributed by atoms with van der Waals surface area (Å²) < 4.78 is 5.09. The predicted molar refractivity (Wildman–Crippen MR) is 89.5 cm³/mol. The number of carbonyl (C=O) groups excluding carboxylic acids is 1. The Hall–Kier alpha value is -2.35. The molecule has 1 aromatic carbocycles. The minimum Gasteiger partial charge on any atom is -0.496 e. The Morgan fingerprint density at radius 3 is 2.67 bits per heavy atom. The van der Waals surface area contributed by atoms with E-state index in [9.17, 15) is 14.9 Å². The van der Waals surface area contributed by atoms with Crippen molar-refractivity contribution in [2.75, 3.05) is 44.7 Å². The van der Waals surface area contributed by atoms with Crippen molar-refractivity contribution in [3.8, 4) is 5.75 Å². The first-order valence-corrected chi connectivity index (χ1v) is 8.16. The van der Waals surface area contributed by atoms with Crippen LogP contribution in [0.3, 0.4) is 0 Å². The summed E-state index contributed by atoms with van der Waals surface area (Å²) in [5.41, 5.74) is 0.709. The van der Waals surface area contributed by atoms with Gasteiger partial charge in [-0.3, -0.25) is 19.8 Å². The number of nitro benzene ring substituents is 1. The van der Waals surface area contributed by atoms with E-state index < -0.39 is 0 Å². The molecule has 2 fully saturated rings. The van der Waals surface area contributed by atoms with Crippen molar-refractivity contribution in [1.29, 1.82) is 0 Å². The van der Waals surface area contributed by atoms with E-state index in [1.54, 1.807) is 12.1 Å². The zero-order chi connectivity index (χ0) is 17.1. The van der Waals surface area contributed by atoms with E-state index >= 15 is 0 Å². The Morgan fingerprint density at radius 1 is 1.29 bits per heavy atom. The molecule has 2 heterocycles. The van der Waals surface area contributed by atoms with Gasteiger partial charge in [-0.1, -0.05) is 0 Å². The number of nitrogens with one attached hydrogen (secondary N) is 1. The average molecular weight is 334 g/mol. The van der Waals surface area contributed by atoms with Crippen molar-refractivity contribution in [1.82, 2.24) is 10.2 Å². The third-order valence-electron chi connectivity index (χ3n) is 4.77. The molecule has 0 bridgehead atoms. The van der Waals surface area contributed by atoms with E-state index in [2.05, 4.69) is 15.1 Å². The number of carbonyl (C=O) groups is 1. The van der Waals surface area contributed by atoms with Gasteiger partial charge in [0.05, 0.1) is 24.6 Å². The summed E-state index contributed by atoms with van der Waals surface area (Å²) in [5.74, 6) is 0.564. The van der Waals surface area contributed by atoms with Gasteiger partial charge in [-0.25, -0.2) is 0 Å². The molecule has 0 aliphatic carbocycles. The minimum absolute atomic E-state index is 0.0742. The molecule has 2 aliphatic rings. The third kappa shape index (κ3) is 3.43. The van der Waals surface area contributed by atoms with Gasteiger partial charge >= 0.3 is 0 Å². The van der Waals surface area contributed by atoms with Crippen molar-refractivity contribution < 1.29 is 14.5 Å². The molecule has 1 aromatic rings. The largest absolute Gasteiger partial charge is 0.496 e. The maximum absolute atomic E-state index is 11.5. The summed E-state index contributed by atoms with van der Waals surface area (Å²) in [4.78, 5) is 26.8. The number of anilines is 1. The minimum atomic E-state index is -0.362. The normalized spacial score (nSPS) is 19.9. The van der Waals surface area contributed by atoms with E-state index in [1.807, 2.05) is 0 Å². The molecule has 0 spiro atoms. The first-order valence-electron chi connectivity index (χ1n) is 8.16. The standard InChI is InChI=1S/C16H22N4O4/c1-24-13-2-3-14(15(10-13)20(22)23)18-7-4-12(5-8-18)19-9-6-17-16(21)11-19/h2-3,10,12H,4-9,11H2,1H3,(H,17,21). The monoisotopic (exact) mass is 334 g/mol. The Balaban J connectivity index is 1.68. The maximum atomic E-state index is 11.5. The van der Waals surface area contributed by atoms with E-state index in [-0.39, 0.29) is 16.5 Å².